The predicted molar refractivity (Wildman–Crippen MR) is 155 cm³/mol. The fourth-order valence-electron chi connectivity index (χ4n) is 4.40. The largest absolute Gasteiger partial charge is 0.350 e. The van der Waals surface area contributed by atoms with Crippen LogP contribution in [0.1, 0.15) is 43.7 Å². The molecule has 202 valence electrons. The Morgan fingerprint density at radius 3 is 2.45 bits per heavy atom. The lowest BCUT2D eigenvalue weighted by Gasteiger charge is -2.24. The molecular formula is C30H37BrN4O3. The summed E-state index contributed by atoms with van der Waals surface area (Å²) in [5.74, 6) is -0.612. The van der Waals surface area contributed by atoms with Crippen molar-refractivity contribution in [1.29, 1.82) is 0 Å². The van der Waals surface area contributed by atoms with Gasteiger partial charge in [0.05, 0.1) is 13.0 Å². The third kappa shape index (κ3) is 8.67. The molecule has 1 atom stereocenters. The second-order valence-corrected chi connectivity index (χ2v) is 10.2. The molecule has 1 unspecified atom stereocenters. The van der Waals surface area contributed by atoms with Crippen molar-refractivity contribution < 1.29 is 14.4 Å². The minimum absolute atomic E-state index is 0.0660. The smallest absolute Gasteiger partial charge is 0.243 e. The molecule has 7 nitrogen and oxygen atoms in total. The monoisotopic (exact) mass is 580 g/mol. The van der Waals surface area contributed by atoms with E-state index in [0.717, 1.165) is 39.3 Å². The predicted octanol–water partition coefficient (Wildman–Crippen LogP) is 4.31. The van der Waals surface area contributed by atoms with Gasteiger partial charge in [-0.1, -0.05) is 83.9 Å². The van der Waals surface area contributed by atoms with Crippen molar-refractivity contribution in [2.24, 2.45) is 5.73 Å². The molecule has 1 aliphatic rings. The van der Waals surface area contributed by atoms with Gasteiger partial charge >= 0.3 is 0 Å². The summed E-state index contributed by atoms with van der Waals surface area (Å²) < 4.78 is 0.973. The number of halogens is 1. The average molecular weight is 582 g/mol. The lowest BCUT2D eigenvalue weighted by Crippen LogP contribution is -2.48. The molecule has 1 saturated heterocycles. The second-order valence-electron chi connectivity index (χ2n) is 9.32. The molecule has 38 heavy (non-hydrogen) atoms. The van der Waals surface area contributed by atoms with E-state index >= 15 is 0 Å². The molecule has 0 spiro atoms. The first-order valence-corrected chi connectivity index (χ1v) is 14.0. The van der Waals surface area contributed by atoms with Gasteiger partial charge < -0.3 is 21.3 Å². The molecule has 3 amide bonds. The number of unbranched alkanes of at least 4 members (excludes halogenated alkanes) is 1. The van der Waals surface area contributed by atoms with Crippen molar-refractivity contribution in [3.63, 3.8) is 0 Å². The Hall–Kier alpha value is -3.23. The Morgan fingerprint density at radius 1 is 1.00 bits per heavy atom. The van der Waals surface area contributed by atoms with Crippen molar-refractivity contribution >= 4 is 44.4 Å². The number of nitrogens with two attached hydrogens (primary N) is 1. The first kappa shape index (κ1) is 29.3. The second kappa shape index (κ2) is 15.2. The minimum atomic E-state index is -0.535. The van der Waals surface area contributed by atoms with Crippen LogP contribution >= 0.6 is 15.9 Å². The molecule has 0 radical (unpaired) electrons. The molecule has 8 heteroatoms. The van der Waals surface area contributed by atoms with Crippen LogP contribution < -0.4 is 16.4 Å². The maximum absolute atomic E-state index is 13.1. The summed E-state index contributed by atoms with van der Waals surface area (Å²) in [6, 6.07) is 21.0. The Labute approximate surface area is 233 Å². The molecule has 4 N–H and O–H groups in total. The number of nitrogens with one attached hydrogen (secondary N) is 2. The number of carbonyl (C=O) groups excluding carboxylic acids is 3. The number of amides is 3. The van der Waals surface area contributed by atoms with Gasteiger partial charge in [-0.15, -0.1) is 0 Å². The Bertz CT molecular complexity index is 1210. The van der Waals surface area contributed by atoms with Gasteiger partial charge in [0.25, 0.3) is 0 Å². The van der Waals surface area contributed by atoms with Crippen LogP contribution in [0.3, 0.4) is 0 Å². The fourth-order valence-corrected chi connectivity index (χ4v) is 4.67. The molecule has 0 aromatic heterocycles. The van der Waals surface area contributed by atoms with E-state index in [4.69, 9.17) is 5.73 Å². The fraction of sp³-hybridized carbons (Fsp3) is 0.367. The van der Waals surface area contributed by atoms with E-state index in [1.54, 1.807) is 4.90 Å². The van der Waals surface area contributed by atoms with Gasteiger partial charge in [0, 0.05) is 17.6 Å². The molecule has 0 aliphatic carbocycles. The number of hydrogen-bond acceptors (Lipinski definition) is 4. The number of rotatable bonds is 9. The Balaban J connectivity index is 0.000000732. The first-order chi connectivity index (χ1) is 18.4. The van der Waals surface area contributed by atoms with Gasteiger partial charge in [0.1, 0.15) is 6.04 Å². The van der Waals surface area contributed by atoms with Crippen molar-refractivity contribution in [3.05, 3.63) is 82.3 Å². The van der Waals surface area contributed by atoms with Gasteiger partial charge in [-0.3, -0.25) is 14.4 Å². The van der Waals surface area contributed by atoms with Crippen LogP contribution in [-0.2, 0) is 27.3 Å². The summed E-state index contributed by atoms with van der Waals surface area (Å²) >= 11 is 3.38. The van der Waals surface area contributed by atoms with Crippen LogP contribution in [0.2, 0.25) is 0 Å². The van der Waals surface area contributed by atoms with Crippen molar-refractivity contribution in [1.82, 2.24) is 15.5 Å². The van der Waals surface area contributed by atoms with Gasteiger partial charge in [0.15, 0.2) is 0 Å². The molecule has 1 heterocycles. The number of carbonyl (C=O) groups is 3. The minimum Gasteiger partial charge on any atom is -0.350 e. The SMILES string of the molecule is CCCCN.O=C(CNC(=O)C1CCCN1C(=O)Cc1cccc2ccccc12)NCc1ccc(Br)cc1. The quantitative estimate of drug-likeness (QED) is 0.350. The highest BCUT2D eigenvalue weighted by Crippen LogP contribution is 2.23. The van der Waals surface area contributed by atoms with Crippen LogP contribution in [-0.4, -0.2) is 48.3 Å². The lowest BCUT2D eigenvalue weighted by atomic mass is 10.0. The topological polar surface area (TPSA) is 105 Å². The van der Waals surface area contributed by atoms with E-state index < -0.39 is 6.04 Å². The highest BCUT2D eigenvalue weighted by atomic mass is 79.9. The number of likely N-dealkylation sites (tertiary alicyclic amines) is 1. The highest BCUT2D eigenvalue weighted by molar-refractivity contribution is 9.10. The summed E-state index contributed by atoms with van der Waals surface area (Å²) in [6.45, 7) is 3.80. The molecule has 3 aromatic carbocycles. The zero-order valence-corrected chi connectivity index (χ0v) is 23.5. The van der Waals surface area contributed by atoms with E-state index in [-0.39, 0.29) is 30.7 Å². The summed E-state index contributed by atoms with van der Waals surface area (Å²) in [7, 11) is 0. The van der Waals surface area contributed by atoms with Crippen molar-refractivity contribution in [2.45, 2.75) is 51.6 Å². The maximum atomic E-state index is 13.1. The van der Waals surface area contributed by atoms with Gasteiger partial charge in [-0.2, -0.15) is 0 Å². The van der Waals surface area contributed by atoms with E-state index in [9.17, 15) is 14.4 Å². The summed E-state index contributed by atoms with van der Waals surface area (Å²) in [4.78, 5) is 39.6. The number of benzene rings is 3. The van der Waals surface area contributed by atoms with Crippen molar-refractivity contribution in [3.8, 4) is 0 Å². The molecule has 0 saturated carbocycles. The zero-order chi connectivity index (χ0) is 27.3. The molecule has 3 aromatic rings. The zero-order valence-electron chi connectivity index (χ0n) is 21.9. The van der Waals surface area contributed by atoms with E-state index in [0.29, 0.717) is 19.5 Å². The third-order valence-electron chi connectivity index (χ3n) is 6.48. The number of nitrogens with zero attached hydrogens (tertiary/aromatic N) is 1. The van der Waals surface area contributed by atoms with Gasteiger partial charge in [-0.05, 0) is 59.8 Å². The average Bonchev–Trinajstić information content (AvgIpc) is 3.43. The lowest BCUT2D eigenvalue weighted by molar-refractivity contribution is -0.138. The van der Waals surface area contributed by atoms with Crippen molar-refractivity contribution in [2.75, 3.05) is 19.6 Å². The molecule has 1 fully saturated rings. The van der Waals surface area contributed by atoms with Crippen LogP contribution in [0.5, 0.6) is 0 Å². The molecule has 1 aliphatic heterocycles. The summed E-state index contributed by atoms with van der Waals surface area (Å²) in [6.07, 6.45) is 4.01. The number of fused-ring (bicyclic) bond motifs is 1. The number of hydrogen-bond donors (Lipinski definition) is 3. The van der Waals surface area contributed by atoms with Crippen LogP contribution in [0.4, 0.5) is 0 Å². The van der Waals surface area contributed by atoms with Gasteiger partial charge in [0.2, 0.25) is 17.7 Å². The van der Waals surface area contributed by atoms with E-state index in [1.165, 1.54) is 12.8 Å². The third-order valence-corrected chi connectivity index (χ3v) is 7.01. The Morgan fingerprint density at radius 2 is 1.74 bits per heavy atom. The Kier molecular flexibility index (Phi) is 11.8. The highest BCUT2D eigenvalue weighted by Gasteiger charge is 2.34. The van der Waals surface area contributed by atoms with Crippen LogP contribution in [0.15, 0.2) is 71.2 Å². The summed E-state index contributed by atoms with van der Waals surface area (Å²) in [5.41, 5.74) is 7.07. The molecule has 4 rings (SSSR count). The van der Waals surface area contributed by atoms with Gasteiger partial charge in [-0.25, -0.2) is 0 Å². The van der Waals surface area contributed by atoms with E-state index in [2.05, 4.69) is 33.5 Å². The normalized spacial score (nSPS) is 14.5. The standard InChI is InChI=1S/C26H26BrN3O3.C4H11N/c27-21-12-10-18(11-13-21)16-28-24(31)17-29-26(33)23-9-4-14-30(23)25(32)15-20-7-3-6-19-5-1-2-8-22(19)20;1-2-3-4-5/h1-3,5-8,10-13,23H,4,9,14-17H2,(H,28,31)(H,29,33);2-5H2,1H3. The van der Waals surface area contributed by atoms with Crippen LogP contribution in [0.25, 0.3) is 10.8 Å². The first-order valence-electron chi connectivity index (χ1n) is 13.2. The van der Waals surface area contributed by atoms with E-state index in [1.807, 2.05) is 66.7 Å². The summed E-state index contributed by atoms with van der Waals surface area (Å²) in [5, 5.41) is 7.64. The van der Waals surface area contributed by atoms with Crippen LogP contribution in [0, 0.1) is 0 Å². The maximum Gasteiger partial charge on any atom is 0.243 e. The molecule has 0 bridgehead atoms. The molecular weight excluding hydrogens is 544 g/mol.